The molecule has 1 heterocycles. The van der Waals surface area contributed by atoms with E-state index in [-0.39, 0.29) is 58.9 Å². The summed E-state index contributed by atoms with van der Waals surface area (Å²) in [4.78, 5) is 41.9. The lowest BCUT2D eigenvalue weighted by Gasteiger charge is -2.33. The Hall–Kier alpha value is -8.40. The monoisotopic (exact) mass is 1680 g/mol. The van der Waals surface area contributed by atoms with Crippen LogP contribution in [0, 0.1) is 20.8 Å². The number of carbonyl (C=O) groups excluding carboxylic acids is 3. The minimum absolute atomic E-state index is 0. The van der Waals surface area contributed by atoms with Crippen LogP contribution >= 0.6 is 46.4 Å². The Labute approximate surface area is 699 Å². The highest BCUT2D eigenvalue weighted by Crippen LogP contribution is 2.36. The van der Waals surface area contributed by atoms with Crippen molar-refractivity contribution in [1.29, 1.82) is 0 Å². The van der Waals surface area contributed by atoms with Crippen LogP contribution in [0.1, 0.15) is 250 Å². The number of alkyl halides is 6. The minimum Gasteiger partial charge on any atom is -0.399 e. The fourth-order valence-electron chi connectivity index (χ4n) is 12.1. The number of nitrogens with two attached hydrogens (primary N) is 1. The average molecular weight is 1690 g/mol. The number of anilines is 5. The molecule has 23 heteroatoms. The van der Waals surface area contributed by atoms with Crippen molar-refractivity contribution in [2.75, 3.05) is 65.9 Å². The molecule has 9 aromatic rings. The van der Waals surface area contributed by atoms with E-state index in [9.17, 15) is 49.1 Å². The first-order valence-electron chi connectivity index (χ1n) is 37.8. The van der Waals surface area contributed by atoms with Gasteiger partial charge in [0.15, 0.2) is 0 Å². The van der Waals surface area contributed by atoms with Crippen molar-refractivity contribution in [1.82, 2.24) is 9.80 Å². The summed E-state index contributed by atoms with van der Waals surface area (Å²) >= 11 is 24.0. The molecule has 115 heavy (non-hydrogen) atoms. The molecule has 0 radical (unpaired) electrons. The number of likely N-dealkylation sites (N-methyl/N-ethyl adjacent to an activating group) is 1. The molecule has 9 aromatic carbocycles. The summed E-state index contributed by atoms with van der Waals surface area (Å²) in [6, 6.07) is 49.2. The smallest absolute Gasteiger partial charge is 0.270 e. The number of hydrogen-bond donors (Lipinski definition) is 5. The highest BCUT2D eigenvalue weighted by Gasteiger charge is 2.31. The summed E-state index contributed by atoms with van der Waals surface area (Å²) in [6.07, 6.45) is 1.12. The number of piperazine rings is 1. The zero-order valence-electron chi connectivity index (χ0n) is 68.9. The number of amides is 3. The van der Waals surface area contributed by atoms with Gasteiger partial charge in [-0.25, -0.2) is 34.8 Å². The Kier molecular flexibility index (Phi) is 38.1. The number of sulfonamides is 1. The molecule has 6 N–H and O–H groups in total. The Morgan fingerprint density at radius 3 is 1.24 bits per heavy atom. The quantitative estimate of drug-likeness (QED) is 0.0394. The second kappa shape index (κ2) is 44.2. The molecule has 1 aliphatic heterocycles. The lowest BCUT2D eigenvalue weighted by molar-refractivity contribution is 0.0151. The molecular weight excluding hydrogens is 1570 g/mol. The van der Waals surface area contributed by atoms with Gasteiger partial charge in [0.25, 0.3) is 35.5 Å². The second-order valence-corrected chi connectivity index (χ2v) is 34.2. The molecule has 0 bridgehead atoms. The Morgan fingerprint density at radius 2 is 0.791 bits per heavy atom. The standard InChI is InChI=1S/C25H33F2N3O.C19H21F2NO.C18H18ClF2NO.C10H14ClNO2S.C10H13Cl.C9H12ClN.CH4/c1-17(2)22-15-21(9-6-18(22)3)28-24(31)19-7-8-20(23(14-19)25(4,26)27)16-30-12-10-29(5)11-13-30;1-12(2)17-10-14(9-8-13(17)3)18(23)22-16-7-5-6-15(11-16)19(4,20)21;1-11(2)15-10-14(7-8-16(15)19)22-17(23)12-5-4-6-13(9-12)18(3,20)21;1-7(2)9-6-8(4-5-10(9)11)12-15(3,13)14;1-7(2)9-6-8(3)4-5-10(9)11;1-6(2)8-5-7(11)3-4-9(8)10;/h6-9,14-15,17H,10-13,16H2,1-5H3,(H,28,31);5-12H,1-4H3,(H,22,23);4-11H,1-3H3,(H,22,23);4-7,12H,1-3H3;4-7H,1-3H3;3-6H,11H2,1-2H3;1H4. The van der Waals surface area contributed by atoms with E-state index < -0.39 is 33.7 Å². The normalized spacial score (nSPS) is 12.5. The molecule has 0 aliphatic carbocycles. The number of halogens is 10. The number of hydrogen-bond acceptors (Lipinski definition) is 8. The molecule has 0 saturated carbocycles. The third-order valence-electron chi connectivity index (χ3n) is 18.6. The van der Waals surface area contributed by atoms with Crippen molar-refractivity contribution in [3.05, 3.63) is 285 Å². The number of nitrogens with one attached hydrogen (secondary N) is 4. The predicted molar refractivity (Wildman–Crippen MR) is 472 cm³/mol. The van der Waals surface area contributed by atoms with Crippen LogP contribution in [-0.4, -0.2) is 75.4 Å². The van der Waals surface area contributed by atoms with Crippen molar-refractivity contribution in [2.24, 2.45) is 0 Å². The summed E-state index contributed by atoms with van der Waals surface area (Å²) in [6.45, 7) is 37.5. The van der Waals surface area contributed by atoms with Crippen LogP contribution in [0.25, 0.3) is 0 Å². The fraction of sp³-hybridized carbons (Fsp3) is 0.380. The summed E-state index contributed by atoms with van der Waals surface area (Å²) in [5, 5.41) is 11.2. The summed E-state index contributed by atoms with van der Waals surface area (Å²) in [5.41, 5.74) is 19.7. The molecule has 0 atom stereocenters. The molecule has 0 spiro atoms. The van der Waals surface area contributed by atoms with E-state index in [1.54, 1.807) is 60.7 Å². The van der Waals surface area contributed by atoms with E-state index in [1.807, 2.05) is 102 Å². The first-order valence-corrected chi connectivity index (χ1v) is 41.2. The molecule has 0 unspecified atom stereocenters. The molecule has 0 aromatic heterocycles. The van der Waals surface area contributed by atoms with Gasteiger partial charge in [0, 0.05) is 135 Å². The van der Waals surface area contributed by atoms with E-state index in [1.165, 1.54) is 59.7 Å². The maximum atomic E-state index is 14.4. The van der Waals surface area contributed by atoms with Gasteiger partial charge in [-0.3, -0.25) is 24.0 Å². The number of aryl methyl sites for hydroxylation is 3. The SMILES string of the molecule is C.CC(C)c1cc(N)ccc1Cl.CC(C)c1cc(NC(=O)c2cccc(C(C)(F)F)c2)ccc1Cl.CC(C)c1cc(NS(C)(=O)=O)ccc1Cl.Cc1ccc(C(=O)Nc2cccc(C(C)(F)F)c2)cc1C(C)C.Cc1ccc(Cl)c(C(C)C)c1.Cc1ccc(NC(=O)c2ccc(CN3CCN(C)CC3)c(C(C)(F)F)c2)cc1C(C)C. The Bertz CT molecular complexity index is 4780. The Balaban J connectivity index is 0.000000301. The highest BCUT2D eigenvalue weighted by molar-refractivity contribution is 7.92. The van der Waals surface area contributed by atoms with Crippen LogP contribution in [0.3, 0.4) is 0 Å². The van der Waals surface area contributed by atoms with Gasteiger partial charge in [0.1, 0.15) is 0 Å². The van der Waals surface area contributed by atoms with Crippen LogP contribution < -0.4 is 26.4 Å². The van der Waals surface area contributed by atoms with Gasteiger partial charge in [-0.05, 0) is 235 Å². The number of benzene rings is 9. The van der Waals surface area contributed by atoms with Gasteiger partial charge in [0.05, 0.1) is 6.26 Å². The number of rotatable bonds is 19. The lowest BCUT2D eigenvalue weighted by Crippen LogP contribution is -2.44. The summed E-state index contributed by atoms with van der Waals surface area (Å²) in [5.74, 6) is -8.00. The maximum Gasteiger partial charge on any atom is 0.270 e. The first-order chi connectivity index (χ1) is 52.9. The molecular formula is C92H115Cl4F6N7O5S. The molecule has 1 fully saturated rings. The zero-order valence-corrected chi connectivity index (χ0v) is 72.8. The van der Waals surface area contributed by atoms with Gasteiger partial charge in [-0.2, -0.15) is 0 Å². The third kappa shape index (κ3) is 32.2. The van der Waals surface area contributed by atoms with Gasteiger partial charge in [-0.1, -0.05) is 197 Å². The van der Waals surface area contributed by atoms with Gasteiger partial charge >= 0.3 is 0 Å². The third-order valence-corrected chi connectivity index (χ3v) is 20.6. The summed E-state index contributed by atoms with van der Waals surface area (Å²) in [7, 11) is -1.16. The van der Waals surface area contributed by atoms with Crippen LogP contribution in [-0.2, 0) is 34.3 Å². The van der Waals surface area contributed by atoms with Gasteiger partial charge in [0.2, 0.25) is 10.0 Å². The Morgan fingerprint density at radius 1 is 0.426 bits per heavy atom. The van der Waals surface area contributed by atoms with E-state index in [2.05, 4.69) is 106 Å². The summed E-state index contributed by atoms with van der Waals surface area (Å²) < 4.78 is 107. The number of carbonyl (C=O) groups is 3. The topological polar surface area (TPSA) is 166 Å². The van der Waals surface area contributed by atoms with Crippen molar-refractivity contribution in [3.63, 3.8) is 0 Å². The lowest BCUT2D eigenvalue weighted by atomic mass is 9.95. The van der Waals surface area contributed by atoms with Crippen LogP contribution in [0.2, 0.25) is 20.1 Å². The van der Waals surface area contributed by atoms with E-state index in [0.717, 1.165) is 108 Å². The van der Waals surface area contributed by atoms with Crippen molar-refractivity contribution >= 4 is 103 Å². The minimum atomic E-state index is -3.23. The van der Waals surface area contributed by atoms with Crippen molar-refractivity contribution in [2.45, 2.75) is 192 Å². The maximum absolute atomic E-state index is 14.4. The number of nitrogen functional groups attached to an aromatic ring is 1. The molecule has 3 amide bonds. The molecule has 12 nitrogen and oxygen atoms in total. The van der Waals surface area contributed by atoms with Crippen LogP contribution in [0.15, 0.2) is 176 Å². The molecule has 624 valence electrons. The molecule has 10 rings (SSSR count). The van der Waals surface area contributed by atoms with Crippen LogP contribution in [0.5, 0.6) is 0 Å². The molecule has 1 saturated heterocycles. The number of nitrogens with zero attached hydrogens (tertiary/aromatic N) is 2. The van der Waals surface area contributed by atoms with Crippen molar-refractivity contribution < 1.29 is 49.1 Å². The molecule has 1 aliphatic rings. The average Bonchev–Trinajstić information content (AvgIpc) is 0.801. The van der Waals surface area contributed by atoms with Crippen molar-refractivity contribution in [3.8, 4) is 0 Å². The van der Waals surface area contributed by atoms with Gasteiger partial charge in [-0.15, -0.1) is 0 Å². The first kappa shape index (κ1) is 99.0. The zero-order chi connectivity index (χ0) is 85.7. The van der Waals surface area contributed by atoms with E-state index >= 15 is 0 Å². The van der Waals surface area contributed by atoms with Gasteiger partial charge < -0.3 is 26.6 Å². The van der Waals surface area contributed by atoms with E-state index in [4.69, 9.17) is 52.1 Å². The van der Waals surface area contributed by atoms with E-state index in [0.29, 0.717) is 74.1 Å². The fourth-order valence-corrected chi connectivity index (χ4v) is 14.0. The largest absolute Gasteiger partial charge is 0.399 e. The second-order valence-electron chi connectivity index (χ2n) is 30.9. The predicted octanol–water partition coefficient (Wildman–Crippen LogP) is 26.8. The van der Waals surface area contributed by atoms with Crippen LogP contribution in [0.4, 0.5) is 54.8 Å². The highest BCUT2D eigenvalue weighted by atomic mass is 35.5.